The molecule has 78 valence electrons. The Morgan fingerprint density at radius 3 is 3.14 bits per heavy atom. The van der Waals surface area contributed by atoms with Crippen LogP contribution < -0.4 is 0 Å². The second-order valence-electron chi connectivity index (χ2n) is 5.07. The zero-order valence-corrected chi connectivity index (χ0v) is 8.91. The smallest absolute Gasteiger partial charge is 0.0432 e. The fourth-order valence-electron chi connectivity index (χ4n) is 3.91. The highest BCUT2D eigenvalue weighted by Gasteiger charge is 2.55. The molecule has 3 unspecified atom stereocenters. The molecule has 14 heavy (non-hydrogen) atoms. The summed E-state index contributed by atoms with van der Waals surface area (Å²) < 4.78 is 0. The molecule has 3 fully saturated rings. The predicted octanol–water partition coefficient (Wildman–Crippen LogP) is 2.04. The van der Waals surface area contributed by atoms with Crippen LogP contribution >= 0.6 is 0 Å². The van der Waals surface area contributed by atoms with Gasteiger partial charge in [-0.25, -0.2) is 10.0 Å². The van der Waals surface area contributed by atoms with Crippen molar-refractivity contribution in [2.24, 2.45) is 5.92 Å². The Labute approximate surface area is 86.5 Å². The number of hydrazine groups is 1. The largest absolute Gasteiger partial charge is 0.241 e. The summed E-state index contributed by atoms with van der Waals surface area (Å²) in [5, 5.41) is 5.29. The average Bonchev–Trinajstić information content (AvgIpc) is 2.78. The second kappa shape index (κ2) is 3.07. The first-order valence-electron chi connectivity index (χ1n) is 6.00. The number of nitrogens with zero attached hydrogens (tertiary/aromatic N) is 2. The van der Waals surface area contributed by atoms with Gasteiger partial charge in [-0.05, 0) is 31.6 Å². The molecule has 0 saturated carbocycles. The van der Waals surface area contributed by atoms with Crippen LogP contribution in [0.1, 0.15) is 32.1 Å². The first-order valence-corrected chi connectivity index (χ1v) is 6.00. The van der Waals surface area contributed by atoms with Gasteiger partial charge >= 0.3 is 0 Å². The molecule has 0 N–H and O–H groups in total. The van der Waals surface area contributed by atoms with E-state index in [-0.39, 0.29) is 0 Å². The summed E-state index contributed by atoms with van der Waals surface area (Å²) >= 11 is 0. The standard InChI is InChI=1S/C12H20N2/c1-2-6-12-7-3-4-8-14(12)13-9-5-11(12)10-13/h2,11H,1,3-10H2. The van der Waals surface area contributed by atoms with Gasteiger partial charge in [0.25, 0.3) is 0 Å². The van der Waals surface area contributed by atoms with Gasteiger partial charge in [-0.2, -0.15) is 0 Å². The van der Waals surface area contributed by atoms with Crippen molar-refractivity contribution >= 4 is 0 Å². The normalized spacial score (nSPS) is 46.6. The van der Waals surface area contributed by atoms with Gasteiger partial charge < -0.3 is 0 Å². The highest BCUT2D eigenvalue weighted by atomic mass is 15.7. The maximum absolute atomic E-state index is 3.95. The fourth-order valence-corrected chi connectivity index (χ4v) is 3.91. The molecule has 0 aromatic heterocycles. The van der Waals surface area contributed by atoms with E-state index in [1.807, 2.05) is 0 Å². The van der Waals surface area contributed by atoms with Crippen molar-refractivity contribution < 1.29 is 0 Å². The molecule has 3 aliphatic heterocycles. The topological polar surface area (TPSA) is 6.48 Å². The molecule has 3 rings (SSSR count). The number of hydrogen-bond acceptors (Lipinski definition) is 2. The molecule has 0 amide bonds. The minimum Gasteiger partial charge on any atom is -0.241 e. The molecular weight excluding hydrogens is 172 g/mol. The molecule has 0 radical (unpaired) electrons. The SMILES string of the molecule is C=CCC12CCCCN1N1CCC2C1. The molecule has 3 heterocycles. The number of hydrogen-bond donors (Lipinski definition) is 0. The Kier molecular flexibility index (Phi) is 1.96. The van der Waals surface area contributed by atoms with Crippen molar-refractivity contribution in [3.63, 3.8) is 0 Å². The molecule has 2 bridgehead atoms. The van der Waals surface area contributed by atoms with Crippen molar-refractivity contribution in [3.8, 4) is 0 Å². The molecule has 3 aliphatic rings. The summed E-state index contributed by atoms with van der Waals surface area (Å²) in [7, 11) is 0. The van der Waals surface area contributed by atoms with Crippen LogP contribution in [0.15, 0.2) is 12.7 Å². The van der Waals surface area contributed by atoms with Gasteiger partial charge in [0.15, 0.2) is 0 Å². The zero-order valence-electron chi connectivity index (χ0n) is 8.91. The van der Waals surface area contributed by atoms with Crippen LogP contribution in [0.3, 0.4) is 0 Å². The summed E-state index contributed by atoms with van der Waals surface area (Å²) in [6.07, 6.45) is 8.98. The Morgan fingerprint density at radius 1 is 1.36 bits per heavy atom. The lowest BCUT2D eigenvalue weighted by molar-refractivity contribution is -0.0964. The van der Waals surface area contributed by atoms with Crippen LogP contribution in [-0.2, 0) is 0 Å². The molecule has 0 aromatic carbocycles. The Hall–Kier alpha value is -0.340. The summed E-state index contributed by atoms with van der Waals surface area (Å²) in [4.78, 5) is 0. The maximum atomic E-state index is 3.95. The summed E-state index contributed by atoms with van der Waals surface area (Å²) in [6.45, 7) is 7.88. The third-order valence-electron chi connectivity index (χ3n) is 4.51. The van der Waals surface area contributed by atoms with Gasteiger partial charge in [-0.1, -0.05) is 12.5 Å². The Bertz CT molecular complexity index is 251. The van der Waals surface area contributed by atoms with Gasteiger partial charge in [0.05, 0.1) is 0 Å². The summed E-state index contributed by atoms with van der Waals surface area (Å²) in [6, 6.07) is 0. The second-order valence-corrected chi connectivity index (χ2v) is 5.07. The first-order chi connectivity index (χ1) is 6.87. The monoisotopic (exact) mass is 192 g/mol. The van der Waals surface area contributed by atoms with E-state index >= 15 is 0 Å². The Morgan fingerprint density at radius 2 is 2.29 bits per heavy atom. The van der Waals surface area contributed by atoms with Crippen molar-refractivity contribution in [2.45, 2.75) is 37.6 Å². The van der Waals surface area contributed by atoms with Crippen molar-refractivity contribution in [1.29, 1.82) is 0 Å². The number of fused-ring (bicyclic) bond motifs is 5. The van der Waals surface area contributed by atoms with E-state index in [2.05, 4.69) is 22.7 Å². The quantitative estimate of drug-likeness (QED) is 0.618. The molecular formula is C12H20N2. The molecule has 2 heteroatoms. The predicted molar refractivity (Wildman–Crippen MR) is 57.8 cm³/mol. The summed E-state index contributed by atoms with van der Waals surface area (Å²) in [5.41, 5.74) is 0.498. The third kappa shape index (κ3) is 0.986. The van der Waals surface area contributed by atoms with E-state index in [1.54, 1.807) is 0 Å². The molecule has 3 saturated heterocycles. The van der Waals surface area contributed by atoms with Gasteiger partial charge in [0.1, 0.15) is 0 Å². The fraction of sp³-hybridized carbons (Fsp3) is 0.833. The molecule has 0 spiro atoms. The average molecular weight is 192 g/mol. The van der Waals surface area contributed by atoms with E-state index in [4.69, 9.17) is 0 Å². The van der Waals surface area contributed by atoms with Crippen LogP contribution in [-0.4, -0.2) is 35.2 Å². The lowest BCUT2D eigenvalue weighted by atomic mass is 9.75. The van der Waals surface area contributed by atoms with Crippen molar-refractivity contribution in [3.05, 3.63) is 12.7 Å². The minimum absolute atomic E-state index is 0.498. The van der Waals surface area contributed by atoms with Crippen LogP contribution in [0.4, 0.5) is 0 Å². The Balaban J connectivity index is 1.92. The van der Waals surface area contributed by atoms with Gasteiger partial charge in [0.2, 0.25) is 0 Å². The minimum atomic E-state index is 0.498. The number of piperidine rings is 1. The van der Waals surface area contributed by atoms with Crippen LogP contribution in [0.5, 0.6) is 0 Å². The van der Waals surface area contributed by atoms with Crippen LogP contribution in [0.25, 0.3) is 0 Å². The lowest BCUT2D eigenvalue weighted by Gasteiger charge is -2.49. The first kappa shape index (κ1) is 8.93. The molecule has 0 aliphatic carbocycles. The summed E-state index contributed by atoms with van der Waals surface area (Å²) in [5.74, 6) is 0.931. The van der Waals surface area contributed by atoms with E-state index < -0.39 is 0 Å². The zero-order chi connectivity index (χ0) is 9.60. The van der Waals surface area contributed by atoms with E-state index in [9.17, 15) is 0 Å². The highest BCUT2D eigenvalue weighted by molar-refractivity contribution is 5.09. The van der Waals surface area contributed by atoms with E-state index in [0.29, 0.717) is 5.54 Å². The van der Waals surface area contributed by atoms with Crippen molar-refractivity contribution in [2.75, 3.05) is 19.6 Å². The number of rotatable bonds is 2. The highest BCUT2D eigenvalue weighted by Crippen LogP contribution is 2.49. The van der Waals surface area contributed by atoms with Gasteiger partial charge in [-0.15, -0.1) is 6.58 Å². The van der Waals surface area contributed by atoms with E-state index in [1.165, 1.54) is 51.7 Å². The van der Waals surface area contributed by atoms with E-state index in [0.717, 1.165) is 5.92 Å². The lowest BCUT2D eigenvalue weighted by Crippen LogP contribution is -2.57. The van der Waals surface area contributed by atoms with Crippen LogP contribution in [0, 0.1) is 5.92 Å². The maximum Gasteiger partial charge on any atom is 0.0432 e. The van der Waals surface area contributed by atoms with Gasteiger partial charge in [-0.3, -0.25) is 0 Å². The third-order valence-corrected chi connectivity index (χ3v) is 4.51. The van der Waals surface area contributed by atoms with Crippen LogP contribution in [0.2, 0.25) is 0 Å². The molecule has 0 aromatic rings. The molecule has 3 atom stereocenters. The van der Waals surface area contributed by atoms with Crippen molar-refractivity contribution in [1.82, 2.24) is 10.0 Å². The molecule has 2 nitrogen and oxygen atoms in total. The van der Waals surface area contributed by atoms with Gasteiger partial charge in [0, 0.05) is 25.2 Å².